The van der Waals surface area contributed by atoms with E-state index in [9.17, 15) is 9.59 Å². The molecule has 0 atom stereocenters. The highest BCUT2D eigenvalue weighted by Crippen LogP contribution is 2.08. The Labute approximate surface area is 121 Å². The number of ketones is 1. The van der Waals surface area contributed by atoms with Crippen LogP contribution in [0.5, 0.6) is 0 Å². The van der Waals surface area contributed by atoms with Crippen LogP contribution in [0.25, 0.3) is 0 Å². The summed E-state index contributed by atoms with van der Waals surface area (Å²) >= 11 is 0. The average Bonchev–Trinajstić information content (AvgIpc) is 2.49. The minimum Gasteiger partial charge on any atom is -0.356 e. The monoisotopic (exact) mass is 275 g/mol. The number of aryl methyl sites for hydroxylation is 1. The summed E-state index contributed by atoms with van der Waals surface area (Å²) in [6.07, 6.45) is 4.81. The van der Waals surface area contributed by atoms with E-state index < -0.39 is 0 Å². The van der Waals surface area contributed by atoms with E-state index in [1.807, 2.05) is 24.3 Å². The summed E-state index contributed by atoms with van der Waals surface area (Å²) in [6.45, 7) is 4.93. The number of nitrogens with one attached hydrogen (secondary N) is 1. The molecule has 0 fully saturated rings. The molecule has 110 valence electrons. The van der Waals surface area contributed by atoms with Crippen molar-refractivity contribution in [2.75, 3.05) is 6.54 Å². The zero-order chi connectivity index (χ0) is 14.8. The van der Waals surface area contributed by atoms with Gasteiger partial charge in [0.05, 0.1) is 0 Å². The largest absolute Gasteiger partial charge is 0.356 e. The molecule has 1 aromatic carbocycles. The van der Waals surface area contributed by atoms with Crippen LogP contribution in [0.3, 0.4) is 0 Å². The first kappa shape index (κ1) is 16.4. The Morgan fingerprint density at radius 3 is 2.30 bits per heavy atom. The molecule has 0 aliphatic rings. The standard InChI is InChI=1S/C17H25NO2/c1-3-5-6-13-18-17(20)12-11-16(19)15-9-7-14(4-2)8-10-15/h7-10H,3-6,11-13H2,1-2H3,(H,18,20). The van der Waals surface area contributed by atoms with Crippen molar-refractivity contribution in [1.29, 1.82) is 0 Å². The fourth-order valence-corrected chi connectivity index (χ4v) is 1.99. The molecular weight excluding hydrogens is 250 g/mol. The Kier molecular flexibility index (Phi) is 7.63. The summed E-state index contributed by atoms with van der Waals surface area (Å²) in [5.41, 5.74) is 1.91. The van der Waals surface area contributed by atoms with E-state index in [4.69, 9.17) is 0 Å². The van der Waals surface area contributed by atoms with Gasteiger partial charge in [0.1, 0.15) is 0 Å². The summed E-state index contributed by atoms with van der Waals surface area (Å²) in [4.78, 5) is 23.5. The molecule has 1 N–H and O–H groups in total. The topological polar surface area (TPSA) is 46.2 Å². The summed E-state index contributed by atoms with van der Waals surface area (Å²) in [5, 5.41) is 2.85. The SMILES string of the molecule is CCCCCNC(=O)CCC(=O)c1ccc(CC)cc1. The molecule has 1 aromatic rings. The van der Waals surface area contributed by atoms with Crippen LogP contribution in [0, 0.1) is 0 Å². The summed E-state index contributed by atoms with van der Waals surface area (Å²) in [7, 11) is 0. The van der Waals surface area contributed by atoms with Crippen molar-refractivity contribution in [2.24, 2.45) is 0 Å². The Morgan fingerprint density at radius 1 is 1.00 bits per heavy atom. The van der Waals surface area contributed by atoms with Gasteiger partial charge in [0.15, 0.2) is 5.78 Å². The Balaban J connectivity index is 2.29. The summed E-state index contributed by atoms with van der Waals surface area (Å²) < 4.78 is 0. The quantitative estimate of drug-likeness (QED) is 0.553. The van der Waals surface area contributed by atoms with Gasteiger partial charge in [-0.3, -0.25) is 9.59 Å². The van der Waals surface area contributed by atoms with Crippen LogP contribution in [0.15, 0.2) is 24.3 Å². The normalized spacial score (nSPS) is 10.3. The molecule has 0 spiro atoms. The van der Waals surface area contributed by atoms with Gasteiger partial charge in [0.2, 0.25) is 5.91 Å². The first-order chi connectivity index (χ1) is 9.67. The molecule has 0 saturated carbocycles. The Hall–Kier alpha value is -1.64. The van der Waals surface area contributed by atoms with E-state index in [-0.39, 0.29) is 24.5 Å². The van der Waals surface area contributed by atoms with Gasteiger partial charge in [-0.2, -0.15) is 0 Å². The molecular formula is C17H25NO2. The predicted octanol–water partition coefficient (Wildman–Crippen LogP) is 3.52. The van der Waals surface area contributed by atoms with E-state index in [1.165, 1.54) is 5.56 Å². The van der Waals surface area contributed by atoms with Gasteiger partial charge in [-0.25, -0.2) is 0 Å². The second kappa shape index (κ2) is 9.29. The van der Waals surface area contributed by atoms with Gasteiger partial charge in [-0.05, 0) is 18.4 Å². The number of amides is 1. The van der Waals surface area contributed by atoms with Crippen molar-refractivity contribution < 1.29 is 9.59 Å². The van der Waals surface area contributed by atoms with Crippen molar-refractivity contribution in [3.63, 3.8) is 0 Å². The van der Waals surface area contributed by atoms with Gasteiger partial charge in [-0.15, -0.1) is 0 Å². The summed E-state index contributed by atoms with van der Waals surface area (Å²) in [5.74, 6) is 0.0102. The highest BCUT2D eigenvalue weighted by molar-refractivity contribution is 5.97. The second-order valence-corrected chi connectivity index (χ2v) is 5.03. The zero-order valence-corrected chi connectivity index (χ0v) is 12.6. The van der Waals surface area contributed by atoms with Gasteiger partial charge in [0.25, 0.3) is 0 Å². The molecule has 3 nitrogen and oxygen atoms in total. The van der Waals surface area contributed by atoms with Crippen LogP contribution in [0.2, 0.25) is 0 Å². The third-order valence-electron chi connectivity index (χ3n) is 3.37. The average molecular weight is 275 g/mol. The molecule has 0 aromatic heterocycles. The molecule has 0 bridgehead atoms. The number of unbranched alkanes of at least 4 members (excludes halogenated alkanes) is 2. The molecule has 0 heterocycles. The molecule has 0 unspecified atom stereocenters. The number of hydrogen-bond acceptors (Lipinski definition) is 2. The maximum Gasteiger partial charge on any atom is 0.220 e. The van der Waals surface area contributed by atoms with Crippen molar-refractivity contribution in [1.82, 2.24) is 5.32 Å². The van der Waals surface area contributed by atoms with Crippen LogP contribution >= 0.6 is 0 Å². The zero-order valence-electron chi connectivity index (χ0n) is 12.6. The van der Waals surface area contributed by atoms with Crippen molar-refractivity contribution in [2.45, 2.75) is 52.4 Å². The second-order valence-electron chi connectivity index (χ2n) is 5.03. The van der Waals surface area contributed by atoms with Crippen molar-refractivity contribution in [3.8, 4) is 0 Å². The van der Waals surface area contributed by atoms with E-state index in [0.29, 0.717) is 12.1 Å². The summed E-state index contributed by atoms with van der Waals surface area (Å²) in [6, 6.07) is 7.64. The number of benzene rings is 1. The number of Topliss-reactive ketones (excluding diaryl/α,β-unsaturated/α-hetero) is 1. The lowest BCUT2D eigenvalue weighted by molar-refractivity contribution is -0.121. The van der Waals surface area contributed by atoms with Crippen LogP contribution in [-0.2, 0) is 11.2 Å². The maximum atomic E-state index is 11.9. The molecule has 0 aliphatic carbocycles. The molecule has 0 aliphatic heterocycles. The van der Waals surface area contributed by atoms with E-state index >= 15 is 0 Å². The van der Waals surface area contributed by atoms with Crippen molar-refractivity contribution in [3.05, 3.63) is 35.4 Å². The van der Waals surface area contributed by atoms with Gasteiger partial charge in [-0.1, -0.05) is 51.0 Å². The predicted molar refractivity (Wildman–Crippen MR) is 81.9 cm³/mol. The first-order valence-electron chi connectivity index (χ1n) is 7.56. The van der Waals surface area contributed by atoms with E-state index in [2.05, 4.69) is 19.2 Å². The van der Waals surface area contributed by atoms with Gasteiger partial charge in [0, 0.05) is 24.9 Å². The Bertz CT molecular complexity index is 423. The van der Waals surface area contributed by atoms with Crippen LogP contribution in [0.4, 0.5) is 0 Å². The van der Waals surface area contributed by atoms with Crippen LogP contribution in [-0.4, -0.2) is 18.2 Å². The third kappa shape index (κ3) is 6.00. The van der Waals surface area contributed by atoms with E-state index in [0.717, 1.165) is 25.7 Å². The van der Waals surface area contributed by atoms with Gasteiger partial charge < -0.3 is 5.32 Å². The highest BCUT2D eigenvalue weighted by atomic mass is 16.2. The molecule has 1 rings (SSSR count). The van der Waals surface area contributed by atoms with E-state index in [1.54, 1.807) is 0 Å². The molecule has 3 heteroatoms. The lowest BCUT2D eigenvalue weighted by Gasteiger charge is -2.05. The lowest BCUT2D eigenvalue weighted by Crippen LogP contribution is -2.24. The minimum atomic E-state index is -0.0281. The fraction of sp³-hybridized carbons (Fsp3) is 0.529. The minimum absolute atomic E-state index is 0.0281. The maximum absolute atomic E-state index is 11.9. The third-order valence-corrected chi connectivity index (χ3v) is 3.37. The molecule has 20 heavy (non-hydrogen) atoms. The van der Waals surface area contributed by atoms with Crippen LogP contribution in [0.1, 0.15) is 61.9 Å². The molecule has 0 radical (unpaired) electrons. The lowest BCUT2D eigenvalue weighted by atomic mass is 10.0. The van der Waals surface area contributed by atoms with Crippen molar-refractivity contribution >= 4 is 11.7 Å². The molecule has 0 saturated heterocycles. The number of hydrogen-bond donors (Lipinski definition) is 1. The Morgan fingerprint density at radius 2 is 1.70 bits per heavy atom. The number of carbonyl (C=O) groups is 2. The fourth-order valence-electron chi connectivity index (χ4n) is 1.99. The number of rotatable bonds is 9. The van der Waals surface area contributed by atoms with Crippen LogP contribution < -0.4 is 5.32 Å². The van der Waals surface area contributed by atoms with Gasteiger partial charge >= 0.3 is 0 Å². The smallest absolute Gasteiger partial charge is 0.220 e. The number of carbonyl (C=O) groups excluding carboxylic acids is 2. The highest BCUT2D eigenvalue weighted by Gasteiger charge is 2.08. The first-order valence-corrected chi connectivity index (χ1v) is 7.56. The molecule has 1 amide bonds.